The Balaban J connectivity index is 2.14. The molecule has 0 aliphatic carbocycles. The number of hydrogen-bond donors (Lipinski definition) is 1. The van der Waals surface area contributed by atoms with Gasteiger partial charge in [-0.3, -0.25) is 0 Å². The maximum Gasteiger partial charge on any atom is 0.353 e. The van der Waals surface area contributed by atoms with Crippen molar-refractivity contribution in [1.29, 1.82) is 0 Å². The van der Waals surface area contributed by atoms with Gasteiger partial charge >= 0.3 is 11.9 Å². The van der Waals surface area contributed by atoms with Crippen LogP contribution in [0.15, 0.2) is 35.7 Å². The average molecular weight is 292 g/mol. The summed E-state index contributed by atoms with van der Waals surface area (Å²) in [5.74, 6) is -0.779. The number of aliphatic carboxylic acids is 1. The second-order valence-corrected chi connectivity index (χ2v) is 4.88. The molecule has 0 atom stereocenters. The summed E-state index contributed by atoms with van der Waals surface area (Å²) in [7, 11) is 0. The van der Waals surface area contributed by atoms with Crippen molar-refractivity contribution in [1.82, 2.24) is 0 Å². The zero-order valence-corrected chi connectivity index (χ0v) is 11.5. The fraction of sp³-hybridized carbons (Fsp3) is 0.143. The maximum absolute atomic E-state index is 11.9. The molecule has 0 unspecified atom stereocenters. The summed E-state index contributed by atoms with van der Waals surface area (Å²) in [5.41, 5.74) is 0.582. The van der Waals surface area contributed by atoms with Gasteiger partial charge in [-0.15, -0.1) is 11.3 Å². The number of carbonyl (C=O) groups is 2. The van der Waals surface area contributed by atoms with Crippen LogP contribution < -0.4 is 9.47 Å². The summed E-state index contributed by atoms with van der Waals surface area (Å²) in [6.45, 7) is 1.26. The zero-order chi connectivity index (χ0) is 14.5. The first-order valence-corrected chi connectivity index (χ1v) is 6.66. The highest BCUT2D eigenvalue weighted by Gasteiger charge is 2.13. The van der Waals surface area contributed by atoms with E-state index in [0.717, 1.165) is 0 Å². The molecule has 0 amide bonds. The average Bonchev–Trinajstić information content (AvgIpc) is 2.93. The molecule has 2 aromatic rings. The van der Waals surface area contributed by atoms with E-state index in [1.807, 2.05) is 0 Å². The number of esters is 1. The highest BCUT2D eigenvalue weighted by Crippen LogP contribution is 2.28. The first kappa shape index (κ1) is 14.1. The predicted molar refractivity (Wildman–Crippen MR) is 73.6 cm³/mol. The van der Waals surface area contributed by atoms with E-state index in [9.17, 15) is 9.59 Å². The molecule has 0 saturated heterocycles. The second-order valence-electron chi connectivity index (χ2n) is 3.93. The number of carbonyl (C=O) groups excluding carboxylic acids is 1. The van der Waals surface area contributed by atoms with Gasteiger partial charge < -0.3 is 14.6 Å². The van der Waals surface area contributed by atoms with Gasteiger partial charge in [-0.1, -0.05) is 12.1 Å². The Hall–Kier alpha value is -2.34. The molecule has 1 aromatic heterocycles. The Bertz CT molecular complexity index is 618. The molecule has 1 heterocycles. The fourth-order valence-corrected chi connectivity index (χ4v) is 2.14. The van der Waals surface area contributed by atoms with Crippen molar-refractivity contribution in [2.24, 2.45) is 0 Å². The lowest BCUT2D eigenvalue weighted by Crippen LogP contribution is -2.11. The van der Waals surface area contributed by atoms with Gasteiger partial charge in [-0.2, -0.15) is 0 Å². The van der Waals surface area contributed by atoms with Crippen LogP contribution in [0.3, 0.4) is 0 Å². The van der Waals surface area contributed by atoms with Gasteiger partial charge in [-0.05, 0) is 30.5 Å². The van der Waals surface area contributed by atoms with E-state index < -0.39 is 18.5 Å². The summed E-state index contributed by atoms with van der Waals surface area (Å²) < 4.78 is 10.4. The van der Waals surface area contributed by atoms with Crippen molar-refractivity contribution in [3.8, 4) is 11.5 Å². The molecule has 0 radical (unpaired) electrons. The topological polar surface area (TPSA) is 72.8 Å². The number of rotatable bonds is 5. The largest absolute Gasteiger partial charge is 0.481 e. The van der Waals surface area contributed by atoms with E-state index >= 15 is 0 Å². The maximum atomic E-state index is 11.9. The van der Waals surface area contributed by atoms with Crippen LogP contribution in [0.5, 0.6) is 11.5 Å². The Kier molecular flexibility index (Phi) is 4.37. The van der Waals surface area contributed by atoms with Crippen molar-refractivity contribution in [2.75, 3.05) is 6.61 Å². The van der Waals surface area contributed by atoms with Gasteiger partial charge in [0, 0.05) is 5.56 Å². The van der Waals surface area contributed by atoms with Crippen LogP contribution in [0.4, 0.5) is 0 Å². The van der Waals surface area contributed by atoms with Crippen LogP contribution in [0.2, 0.25) is 0 Å². The highest BCUT2D eigenvalue weighted by atomic mass is 32.1. The van der Waals surface area contributed by atoms with E-state index in [2.05, 4.69) is 0 Å². The lowest BCUT2D eigenvalue weighted by molar-refractivity contribution is -0.139. The minimum Gasteiger partial charge on any atom is -0.481 e. The first-order chi connectivity index (χ1) is 9.58. The number of hydrogen-bond acceptors (Lipinski definition) is 5. The van der Waals surface area contributed by atoms with E-state index in [1.165, 1.54) is 11.3 Å². The van der Waals surface area contributed by atoms with E-state index in [-0.39, 0.29) is 0 Å². The van der Waals surface area contributed by atoms with Crippen LogP contribution in [-0.4, -0.2) is 23.7 Å². The standard InChI is InChI=1S/C14H12O5S/c1-9-10(18-8-13(15)16)4-2-5-11(9)19-14(17)12-6-3-7-20-12/h2-7H,8H2,1H3,(H,15,16). The van der Waals surface area contributed by atoms with E-state index in [1.54, 1.807) is 42.6 Å². The second kappa shape index (κ2) is 6.21. The fourth-order valence-electron chi connectivity index (χ4n) is 1.55. The van der Waals surface area contributed by atoms with Gasteiger partial charge in [0.1, 0.15) is 16.4 Å². The van der Waals surface area contributed by atoms with E-state index in [4.69, 9.17) is 14.6 Å². The van der Waals surface area contributed by atoms with Crippen LogP contribution in [0.1, 0.15) is 15.2 Å². The van der Waals surface area contributed by atoms with Crippen molar-refractivity contribution in [3.63, 3.8) is 0 Å². The SMILES string of the molecule is Cc1c(OCC(=O)O)cccc1OC(=O)c1cccs1. The Morgan fingerprint density at radius 2 is 1.95 bits per heavy atom. The van der Waals surface area contributed by atoms with Crippen molar-refractivity contribution in [3.05, 3.63) is 46.2 Å². The summed E-state index contributed by atoms with van der Waals surface area (Å²) in [5, 5.41) is 10.4. The molecule has 0 spiro atoms. The third-order valence-corrected chi connectivity index (χ3v) is 3.36. The Morgan fingerprint density at radius 3 is 2.60 bits per heavy atom. The molecule has 0 aliphatic heterocycles. The van der Waals surface area contributed by atoms with Gasteiger partial charge in [-0.25, -0.2) is 9.59 Å². The van der Waals surface area contributed by atoms with Gasteiger partial charge in [0.25, 0.3) is 0 Å². The minimum atomic E-state index is -1.06. The highest BCUT2D eigenvalue weighted by molar-refractivity contribution is 7.12. The zero-order valence-electron chi connectivity index (χ0n) is 10.7. The van der Waals surface area contributed by atoms with Crippen LogP contribution in [-0.2, 0) is 4.79 Å². The van der Waals surface area contributed by atoms with Crippen molar-refractivity contribution < 1.29 is 24.2 Å². The molecule has 6 heteroatoms. The van der Waals surface area contributed by atoms with Crippen LogP contribution >= 0.6 is 11.3 Å². The summed E-state index contributed by atoms with van der Waals surface area (Å²) in [4.78, 5) is 22.9. The Labute approximate surface area is 119 Å². The predicted octanol–water partition coefficient (Wildman–Crippen LogP) is 2.74. The smallest absolute Gasteiger partial charge is 0.353 e. The summed E-state index contributed by atoms with van der Waals surface area (Å²) >= 11 is 1.29. The molecule has 20 heavy (non-hydrogen) atoms. The number of carboxylic acids is 1. The quantitative estimate of drug-likeness (QED) is 0.677. The molecular formula is C14H12O5S. The Morgan fingerprint density at radius 1 is 1.20 bits per heavy atom. The van der Waals surface area contributed by atoms with Gasteiger partial charge in [0.15, 0.2) is 6.61 Å². The molecule has 104 valence electrons. The monoisotopic (exact) mass is 292 g/mol. The molecule has 2 rings (SSSR count). The molecule has 1 aromatic carbocycles. The molecule has 0 fully saturated rings. The molecule has 1 N–H and O–H groups in total. The number of ether oxygens (including phenoxy) is 2. The summed E-state index contributed by atoms with van der Waals surface area (Å²) in [6, 6.07) is 8.34. The molecular weight excluding hydrogens is 280 g/mol. The van der Waals surface area contributed by atoms with Crippen molar-refractivity contribution >= 4 is 23.3 Å². The number of carboxylic acid groups (broad SMARTS) is 1. The normalized spacial score (nSPS) is 10.1. The van der Waals surface area contributed by atoms with Gasteiger partial charge in [0.05, 0.1) is 0 Å². The minimum absolute atomic E-state index is 0.353. The third kappa shape index (κ3) is 3.36. The number of benzene rings is 1. The molecule has 0 saturated carbocycles. The number of thiophene rings is 1. The van der Waals surface area contributed by atoms with Crippen LogP contribution in [0.25, 0.3) is 0 Å². The molecule has 5 nitrogen and oxygen atoms in total. The van der Waals surface area contributed by atoms with Crippen molar-refractivity contribution in [2.45, 2.75) is 6.92 Å². The van der Waals surface area contributed by atoms with Crippen LogP contribution in [0, 0.1) is 6.92 Å². The lowest BCUT2D eigenvalue weighted by Gasteiger charge is -2.11. The lowest BCUT2D eigenvalue weighted by atomic mass is 10.2. The van der Waals surface area contributed by atoms with E-state index in [0.29, 0.717) is 21.9 Å². The molecule has 0 aliphatic rings. The van der Waals surface area contributed by atoms with Gasteiger partial charge in [0.2, 0.25) is 0 Å². The first-order valence-electron chi connectivity index (χ1n) is 5.78. The third-order valence-electron chi connectivity index (χ3n) is 2.51. The molecule has 0 bridgehead atoms. The summed E-state index contributed by atoms with van der Waals surface area (Å²) in [6.07, 6.45) is 0.